The normalized spacial score (nSPS) is 22.5. The van der Waals surface area contributed by atoms with Crippen molar-refractivity contribution in [1.29, 1.82) is 0 Å². The van der Waals surface area contributed by atoms with Crippen LogP contribution in [0.5, 0.6) is 0 Å². The lowest BCUT2D eigenvalue weighted by Gasteiger charge is -2.06. The van der Waals surface area contributed by atoms with E-state index in [2.05, 4.69) is 33.2 Å². The van der Waals surface area contributed by atoms with Crippen LogP contribution in [-0.2, 0) is 14.4 Å². The van der Waals surface area contributed by atoms with Crippen LogP contribution >= 0.6 is 0 Å². The molecule has 0 aromatic rings. The van der Waals surface area contributed by atoms with Crippen LogP contribution < -0.4 is 5.48 Å². The van der Waals surface area contributed by atoms with Crippen LogP contribution in [0.25, 0.3) is 0 Å². The molecule has 0 heterocycles. The molecular weight excluding hydrogens is 194 g/mol. The largest absolute Gasteiger partial charge is 0.382 e. The van der Waals surface area contributed by atoms with Gasteiger partial charge in [-0.15, -0.1) is 0 Å². The first-order valence-electron chi connectivity index (χ1n) is 5.26. The Morgan fingerprint density at radius 3 is 2.13 bits per heavy atom. The zero-order chi connectivity index (χ0) is 11.7. The number of ether oxygens (including phenoxy) is 1. The lowest BCUT2D eigenvalue weighted by atomic mass is 10.0. The van der Waals surface area contributed by atoms with Gasteiger partial charge in [-0.25, -0.2) is 5.48 Å². The molecule has 4 nitrogen and oxygen atoms in total. The minimum atomic E-state index is -0.0268. The number of hydrogen-bond donors (Lipinski definition) is 1. The molecule has 0 bridgehead atoms. The van der Waals surface area contributed by atoms with E-state index in [-0.39, 0.29) is 22.7 Å². The number of amides is 1. The first-order chi connectivity index (χ1) is 6.85. The summed E-state index contributed by atoms with van der Waals surface area (Å²) < 4.78 is 4.81. The highest BCUT2D eigenvalue weighted by Gasteiger charge is 2.68. The summed E-state index contributed by atoms with van der Waals surface area (Å²) in [4.78, 5) is 16.7. The van der Waals surface area contributed by atoms with Gasteiger partial charge in [0.1, 0.15) is 0 Å². The molecule has 1 fully saturated rings. The summed E-state index contributed by atoms with van der Waals surface area (Å²) in [6.45, 7) is 9.28. The Labute approximate surface area is 91.3 Å². The molecule has 0 radical (unpaired) electrons. The van der Waals surface area contributed by atoms with E-state index in [0.717, 1.165) is 0 Å². The number of hydroxylamine groups is 1. The minimum absolute atomic E-state index is 0.0268. The third-order valence-electron chi connectivity index (χ3n) is 3.85. The van der Waals surface area contributed by atoms with Gasteiger partial charge in [0.05, 0.1) is 19.1 Å². The molecule has 0 aromatic carbocycles. The summed E-state index contributed by atoms with van der Waals surface area (Å²) in [5.74, 6) is 0.00801. The number of rotatable bonds is 5. The van der Waals surface area contributed by atoms with Crippen LogP contribution in [0.2, 0.25) is 0 Å². The Bertz CT molecular complexity index is 234. The average Bonchev–Trinajstić information content (AvgIpc) is 2.51. The summed E-state index contributed by atoms with van der Waals surface area (Å²) in [6, 6.07) is 0. The lowest BCUT2D eigenvalue weighted by molar-refractivity contribution is -0.137. The van der Waals surface area contributed by atoms with Crippen molar-refractivity contribution < 1.29 is 14.4 Å². The van der Waals surface area contributed by atoms with Crippen molar-refractivity contribution in [3.63, 3.8) is 0 Å². The van der Waals surface area contributed by atoms with Crippen LogP contribution in [0.3, 0.4) is 0 Å². The number of nitrogens with one attached hydrogen (secondary N) is 1. The van der Waals surface area contributed by atoms with Gasteiger partial charge in [-0.3, -0.25) is 9.63 Å². The van der Waals surface area contributed by atoms with Crippen molar-refractivity contribution >= 4 is 5.91 Å². The third kappa shape index (κ3) is 2.16. The van der Waals surface area contributed by atoms with Crippen molar-refractivity contribution in [2.75, 3.05) is 20.3 Å². The lowest BCUT2D eigenvalue weighted by Crippen LogP contribution is -2.28. The highest BCUT2D eigenvalue weighted by Crippen LogP contribution is 2.68. The SMILES string of the molecule is COCCONC(=O)C1C(C)(C)C1(C)C. The Balaban J connectivity index is 2.32. The fraction of sp³-hybridized carbons (Fsp3) is 0.909. The van der Waals surface area contributed by atoms with Crippen LogP contribution in [0.15, 0.2) is 0 Å². The smallest absolute Gasteiger partial charge is 0.247 e. The van der Waals surface area contributed by atoms with Crippen LogP contribution in [0, 0.1) is 16.7 Å². The third-order valence-corrected chi connectivity index (χ3v) is 3.85. The van der Waals surface area contributed by atoms with Crippen LogP contribution in [0.4, 0.5) is 0 Å². The molecule has 0 atom stereocenters. The summed E-state index contributed by atoms with van der Waals surface area (Å²) in [5.41, 5.74) is 2.59. The summed E-state index contributed by atoms with van der Waals surface area (Å²) in [5, 5.41) is 0. The molecule has 1 N–H and O–H groups in total. The second-order valence-corrected chi connectivity index (χ2v) is 5.18. The second kappa shape index (κ2) is 4.10. The molecule has 15 heavy (non-hydrogen) atoms. The molecule has 88 valence electrons. The van der Waals surface area contributed by atoms with Crippen molar-refractivity contribution in [3.8, 4) is 0 Å². The predicted molar refractivity (Wildman–Crippen MR) is 57.0 cm³/mol. The van der Waals surface area contributed by atoms with Gasteiger partial charge in [0.15, 0.2) is 0 Å². The predicted octanol–water partition coefficient (Wildman–Crippen LogP) is 1.36. The van der Waals surface area contributed by atoms with Crippen molar-refractivity contribution in [2.24, 2.45) is 16.7 Å². The van der Waals surface area contributed by atoms with E-state index in [0.29, 0.717) is 13.2 Å². The highest BCUT2D eigenvalue weighted by atomic mass is 16.7. The average molecular weight is 215 g/mol. The van der Waals surface area contributed by atoms with Gasteiger partial charge in [0, 0.05) is 7.11 Å². The zero-order valence-corrected chi connectivity index (χ0v) is 10.2. The first-order valence-corrected chi connectivity index (χ1v) is 5.26. The number of carbonyl (C=O) groups is 1. The molecule has 1 saturated carbocycles. The molecule has 0 aliphatic heterocycles. The van der Waals surface area contributed by atoms with Crippen molar-refractivity contribution in [1.82, 2.24) is 5.48 Å². The highest BCUT2D eigenvalue weighted by molar-refractivity contribution is 5.83. The van der Waals surface area contributed by atoms with Gasteiger partial charge >= 0.3 is 0 Å². The fourth-order valence-corrected chi connectivity index (χ4v) is 2.16. The summed E-state index contributed by atoms with van der Waals surface area (Å²) in [6.07, 6.45) is 0. The maximum absolute atomic E-state index is 11.7. The van der Waals surface area contributed by atoms with Gasteiger partial charge in [0.25, 0.3) is 0 Å². The van der Waals surface area contributed by atoms with Gasteiger partial charge < -0.3 is 4.74 Å². The Kier molecular flexibility index (Phi) is 3.41. The van der Waals surface area contributed by atoms with Gasteiger partial charge in [-0.1, -0.05) is 27.7 Å². The van der Waals surface area contributed by atoms with Crippen molar-refractivity contribution in [2.45, 2.75) is 27.7 Å². The topological polar surface area (TPSA) is 47.6 Å². The number of carbonyl (C=O) groups excluding carboxylic acids is 1. The van der Waals surface area contributed by atoms with E-state index in [1.54, 1.807) is 7.11 Å². The standard InChI is InChI=1S/C11H21NO3/c1-10(2)8(11(10,3)4)9(13)12-15-7-6-14-5/h8H,6-7H2,1-5H3,(H,12,13). The molecule has 1 amide bonds. The summed E-state index contributed by atoms with van der Waals surface area (Å²) in [7, 11) is 1.60. The maximum atomic E-state index is 11.7. The van der Waals surface area contributed by atoms with E-state index in [9.17, 15) is 4.79 Å². The first kappa shape index (κ1) is 12.5. The van der Waals surface area contributed by atoms with Crippen LogP contribution in [-0.4, -0.2) is 26.2 Å². The maximum Gasteiger partial charge on any atom is 0.247 e. The number of methoxy groups -OCH3 is 1. The molecule has 4 heteroatoms. The molecule has 0 spiro atoms. The molecule has 0 unspecified atom stereocenters. The quantitative estimate of drug-likeness (QED) is 0.556. The molecule has 0 saturated heterocycles. The molecule has 1 aliphatic carbocycles. The van der Waals surface area contributed by atoms with Crippen LogP contribution in [0.1, 0.15) is 27.7 Å². The molecular formula is C11H21NO3. The number of hydrogen-bond acceptors (Lipinski definition) is 3. The van der Waals surface area contributed by atoms with Gasteiger partial charge in [0.2, 0.25) is 5.91 Å². The zero-order valence-electron chi connectivity index (χ0n) is 10.2. The fourth-order valence-electron chi connectivity index (χ4n) is 2.16. The van der Waals surface area contributed by atoms with Gasteiger partial charge in [-0.05, 0) is 10.8 Å². The van der Waals surface area contributed by atoms with Crippen molar-refractivity contribution in [3.05, 3.63) is 0 Å². The Morgan fingerprint density at radius 2 is 1.73 bits per heavy atom. The van der Waals surface area contributed by atoms with E-state index in [4.69, 9.17) is 9.57 Å². The molecule has 1 aliphatic rings. The van der Waals surface area contributed by atoms with Gasteiger partial charge in [-0.2, -0.15) is 0 Å². The van der Waals surface area contributed by atoms with E-state index in [1.807, 2.05) is 0 Å². The summed E-state index contributed by atoms with van der Waals surface area (Å²) >= 11 is 0. The molecule has 0 aromatic heterocycles. The van der Waals surface area contributed by atoms with E-state index in [1.165, 1.54) is 0 Å². The molecule has 1 rings (SSSR count). The Morgan fingerprint density at radius 1 is 1.20 bits per heavy atom. The minimum Gasteiger partial charge on any atom is -0.382 e. The second-order valence-electron chi connectivity index (χ2n) is 5.18. The Hall–Kier alpha value is -0.610. The van der Waals surface area contributed by atoms with E-state index >= 15 is 0 Å². The monoisotopic (exact) mass is 215 g/mol. The van der Waals surface area contributed by atoms with E-state index < -0.39 is 0 Å².